The summed E-state index contributed by atoms with van der Waals surface area (Å²) >= 11 is 0. The Kier molecular flexibility index (Phi) is 6.15. The Morgan fingerprint density at radius 1 is 0.933 bits per heavy atom. The van der Waals surface area contributed by atoms with Crippen LogP contribution in [0.2, 0.25) is 0 Å². The number of aromatic nitrogens is 1. The highest BCUT2D eigenvalue weighted by Gasteiger charge is 2.21. The molecule has 0 spiro atoms. The van der Waals surface area contributed by atoms with Crippen molar-refractivity contribution in [3.8, 4) is 29.0 Å². The van der Waals surface area contributed by atoms with Gasteiger partial charge in [0.1, 0.15) is 23.1 Å². The molecule has 0 bridgehead atoms. The Balaban J connectivity index is 1.93. The van der Waals surface area contributed by atoms with E-state index < -0.39 is 23.4 Å². The van der Waals surface area contributed by atoms with Gasteiger partial charge in [0.25, 0.3) is 11.8 Å². The zero-order valence-corrected chi connectivity index (χ0v) is 16.7. The Bertz CT molecular complexity index is 1090. The topological polar surface area (TPSA) is 90.5 Å². The van der Waals surface area contributed by atoms with Gasteiger partial charge in [-0.2, -0.15) is 4.98 Å². The number of rotatable bonds is 7. The van der Waals surface area contributed by atoms with Gasteiger partial charge in [-0.05, 0) is 45.0 Å². The van der Waals surface area contributed by atoms with Crippen LogP contribution in [0.25, 0.3) is 0 Å². The van der Waals surface area contributed by atoms with Crippen molar-refractivity contribution in [3.05, 3.63) is 71.3 Å². The summed E-state index contributed by atoms with van der Waals surface area (Å²) in [5, 5.41) is 7.49. The molecule has 8 heteroatoms. The molecule has 0 saturated carbocycles. The highest BCUT2D eigenvalue weighted by atomic mass is 19.1. The summed E-state index contributed by atoms with van der Waals surface area (Å²) in [5.74, 6) is -1.95. The van der Waals surface area contributed by atoms with Gasteiger partial charge in [0.2, 0.25) is 0 Å². The minimum Gasteiger partial charge on any atom is -0.491 e. The molecule has 1 heterocycles. The Hall–Kier alpha value is -3.68. The van der Waals surface area contributed by atoms with E-state index in [0.29, 0.717) is 11.3 Å². The smallest absolute Gasteiger partial charge is 0.259 e. The maximum Gasteiger partial charge on any atom is 0.259 e. The highest BCUT2D eigenvalue weighted by molar-refractivity contribution is 5.95. The van der Waals surface area contributed by atoms with E-state index in [0.717, 1.165) is 0 Å². The van der Waals surface area contributed by atoms with Crippen molar-refractivity contribution in [1.29, 1.82) is 5.41 Å². The third kappa shape index (κ3) is 4.83. The molecule has 3 aromatic rings. The second kappa shape index (κ2) is 8.77. The first-order chi connectivity index (χ1) is 14.2. The maximum atomic E-state index is 14.6. The molecule has 0 saturated heterocycles. The molecular weight excluding hydrogens is 392 g/mol. The number of hydrogen-bond donors (Lipinski definition) is 2. The standard InChI is InChI=1S/C22H21F2N3O3/c1-12(2)28-16-8-5-9-17(11-16)30-22-19(24)13(3)18(23)21(27-22)29-15-7-4-6-14(10-15)20(25)26/h4-12H,1-3H3,(H3,25,26). The monoisotopic (exact) mass is 413 g/mol. The van der Waals surface area contributed by atoms with Gasteiger partial charge in [-0.1, -0.05) is 18.2 Å². The van der Waals surface area contributed by atoms with Crippen LogP contribution >= 0.6 is 0 Å². The summed E-state index contributed by atoms with van der Waals surface area (Å²) in [6, 6.07) is 12.8. The lowest BCUT2D eigenvalue weighted by atomic mass is 10.2. The molecule has 0 aliphatic carbocycles. The number of nitrogens with two attached hydrogens (primary N) is 1. The largest absolute Gasteiger partial charge is 0.491 e. The minimum atomic E-state index is -0.954. The number of nitrogens with zero attached hydrogens (tertiary/aromatic N) is 1. The Morgan fingerprint density at radius 2 is 1.47 bits per heavy atom. The predicted octanol–water partition coefficient (Wildman–Crippen LogP) is 5.32. The number of pyridine rings is 1. The first-order valence-electron chi connectivity index (χ1n) is 9.17. The molecular formula is C22H21F2N3O3. The van der Waals surface area contributed by atoms with Gasteiger partial charge in [0, 0.05) is 17.2 Å². The van der Waals surface area contributed by atoms with Crippen LogP contribution in [0.5, 0.6) is 29.0 Å². The Morgan fingerprint density at radius 3 is 2.03 bits per heavy atom. The summed E-state index contributed by atoms with van der Waals surface area (Å²) in [6.07, 6.45) is -0.0473. The second-order valence-corrected chi connectivity index (χ2v) is 6.76. The predicted molar refractivity (Wildman–Crippen MR) is 109 cm³/mol. The van der Waals surface area contributed by atoms with Crippen molar-refractivity contribution < 1.29 is 23.0 Å². The first-order valence-corrected chi connectivity index (χ1v) is 9.17. The fourth-order valence-corrected chi connectivity index (χ4v) is 2.58. The average Bonchev–Trinajstić information content (AvgIpc) is 2.70. The molecule has 156 valence electrons. The van der Waals surface area contributed by atoms with Gasteiger partial charge >= 0.3 is 0 Å². The van der Waals surface area contributed by atoms with Crippen LogP contribution in [-0.2, 0) is 0 Å². The highest BCUT2D eigenvalue weighted by Crippen LogP contribution is 2.33. The van der Waals surface area contributed by atoms with E-state index in [2.05, 4.69) is 4.98 Å². The van der Waals surface area contributed by atoms with Gasteiger partial charge < -0.3 is 19.9 Å². The van der Waals surface area contributed by atoms with Gasteiger partial charge in [0.05, 0.1) is 6.10 Å². The van der Waals surface area contributed by atoms with Crippen molar-refractivity contribution in [1.82, 2.24) is 4.98 Å². The van der Waals surface area contributed by atoms with Gasteiger partial charge in [0.15, 0.2) is 11.6 Å². The lowest BCUT2D eigenvalue weighted by molar-refractivity contribution is 0.241. The van der Waals surface area contributed by atoms with E-state index in [1.165, 1.54) is 13.0 Å². The summed E-state index contributed by atoms with van der Waals surface area (Å²) < 4.78 is 45.8. The summed E-state index contributed by atoms with van der Waals surface area (Å²) in [4.78, 5) is 3.87. The van der Waals surface area contributed by atoms with Crippen molar-refractivity contribution in [2.24, 2.45) is 5.73 Å². The molecule has 0 aliphatic rings. The maximum absolute atomic E-state index is 14.6. The van der Waals surface area contributed by atoms with Crippen LogP contribution in [0.4, 0.5) is 8.78 Å². The normalized spacial score (nSPS) is 10.7. The molecule has 6 nitrogen and oxygen atoms in total. The fraction of sp³-hybridized carbons (Fsp3) is 0.182. The van der Waals surface area contributed by atoms with Crippen LogP contribution in [0, 0.1) is 24.0 Å². The molecule has 3 rings (SSSR count). The molecule has 0 fully saturated rings. The number of benzene rings is 2. The number of nitrogen functional groups attached to an aromatic ring is 1. The Labute approximate surface area is 172 Å². The van der Waals surface area contributed by atoms with E-state index in [1.807, 2.05) is 13.8 Å². The van der Waals surface area contributed by atoms with Crippen molar-refractivity contribution in [2.45, 2.75) is 26.9 Å². The van der Waals surface area contributed by atoms with Crippen molar-refractivity contribution in [2.75, 3.05) is 0 Å². The lowest BCUT2D eigenvalue weighted by Crippen LogP contribution is -2.10. The summed E-state index contributed by atoms with van der Waals surface area (Å²) in [5.41, 5.74) is 5.56. The van der Waals surface area contributed by atoms with E-state index in [1.54, 1.807) is 42.5 Å². The SMILES string of the molecule is Cc1c(F)c(Oc2cccc(OC(C)C)c2)nc(Oc2cccc(C(=N)N)c2)c1F. The van der Waals surface area contributed by atoms with E-state index in [4.69, 9.17) is 25.4 Å². The number of hydrogen-bond acceptors (Lipinski definition) is 5. The molecule has 0 unspecified atom stereocenters. The number of amidine groups is 1. The zero-order chi connectivity index (χ0) is 21.8. The van der Waals surface area contributed by atoms with E-state index in [9.17, 15) is 8.78 Å². The third-order valence-corrected chi connectivity index (χ3v) is 3.99. The van der Waals surface area contributed by atoms with Crippen LogP contribution in [0.15, 0.2) is 48.5 Å². The molecule has 0 atom stereocenters. The minimum absolute atomic E-state index is 0.0473. The number of ether oxygens (including phenoxy) is 3. The fourth-order valence-electron chi connectivity index (χ4n) is 2.58. The van der Waals surface area contributed by atoms with Gasteiger partial charge in [-0.3, -0.25) is 5.41 Å². The zero-order valence-electron chi connectivity index (χ0n) is 16.7. The summed E-state index contributed by atoms with van der Waals surface area (Å²) in [7, 11) is 0. The van der Waals surface area contributed by atoms with Gasteiger partial charge in [-0.15, -0.1) is 0 Å². The number of halogens is 2. The summed E-state index contributed by atoms with van der Waals surface area (Å²) in [6.45, 7) is 5.02. The molecule has 0 aliphatic heterocycles. The third-order valence-electron chi connectivity index (χ3n) is 3.99. The van der Waals surface area contributed by atoms with Crippen LogP contribution in [0.3, 0.4) is 0 Å². The van der Waals surface area contributed by atoms with Crippen molar-refractivity contribution in [3.63, 3.8) is 0 Å². The van der Waals surface area contributed by atoms with Crippen LogP contribution < -0.4 is 19.9 Å². The van der Waals surface area contributed by atoms with E-state index >= 15 is 0 Å². The molecule has 0 amide bonds. The second-order valence-electron chi connectivity index (χ2n) is 6.76. The molecule has 3 N–H and O–H groups in total. The lowest BCUT2D eigenvalue weighted by Gasteiger charge is -2.14. The van der Waals surface area contributed by atoms with Crippen LogP contribution in [0.1, 0.15) is 25.0 Å². The van der Waals surface area contributed by atoms with E-state index in [-0.39, 0.29) is 29.0 Å². The first kappa shape index (κ1) is 21.0. The molecule has 0 radical (unpaired) electrons. The molecule has 30 heavy (non-hydrogen) atoms. The molecule has 2 aromatic carbocycles. The van der Waals surface area contributed by atoms with Crippen LogP contribution in [-0.4, -0.2) is 16.9 Å². The average molecular weight is 413 g/mol. The quantitative estimate of drug-likeness (QED) is 0.404. The van der Waals surface area contributed by atoms with Gasteiger partial charge in [-0.25, -0.2) is 8.78 Å². The molecule has 1 aromatic heterocycles. The number of nitrogens with one attached hydrogen (secondary N) is 1. The van der Waals surface area contributed by atoms with Crippen molar-refractivity contribution >= 4 is 5.84 Å².